The number of hydrogen-bond donors (Lipinski definition) is 0. The van der Waals surface area contributed by atoms with Crippen LogP contribution in [0.4, 0.5) is 0 Å². The Balaban J connectivity index is 2.71. The molecule has 1 aliphatic heterocycles. The van der Waals surface area contributed by atoms with Crippen molar-refractivity contribution in [1.82, 2.24) is 4.31 Å². The zero-order chi connectivity index (χ0) is 12.6. The lowest BCUT2D eigenvalue weighted by Crippen LogP contribution is -2.46. The van der Waals surface area contributed by atoms with Gasteiger partial charge in [-0.3, -0.25) is 0 Å². The molecule has 1 saturated heterocycles. The van der Waals surface area contributed by atoms with Crippen molar-refractivity contribution in [3.63, 3.8) is 0 Å². The van der Waals surface area contributed by atoms with Gasteiger partial charge in [0.1, 0.15) is 0 Å². The summed E-state index contributed by atoms with van der Waals surface area (Å²) in [6, 6.07) is 0. The standard InChI is InChI=1S/C11H22ClNO2S/c1-9-5-6-13(7-10(9)12)16(14,15)8-11(2,3)4/h9-10H,5-8H2,1-4H3. The quantitative estimate of drug-likeness (QED) is 0.720. The average Bonchev–Trinajstić information content (AvgIpc) is 2.05. The van der Waals surface area contributed by atoms with E-state index in [4.69, 9.17) is 11.6 Å². The molecule has 0 amide bonds. The molecule has 0 aromatic heterocycles. The third-order valence-corrected chi connectivity index (χ3v) is 5.76. The predicted molar refractivity (Wildman–Crippen MR) is 68.2 cm³/mol. The Bertz CT molecular complexity index is 334. The van der Waals surface area contributed by atoms with Crippen molar-refractivity contribution in [2.45, 2.75) is 39.5 Å². The molecule has 5 heteroatoms. The highest BCUT2D eigenvalue weighted by atomic mass is 35.5. The van der Waals surface area contributed by atoms with Gasteiger partial charge in [-0.1, -0.05) is 27.7 Å². The number of nitrogens with zero attached hydrogens (tertiary/aromatic N) is 1. The normalized spacial score (nSPS) is 29.3. The molecule has 1 fully saturated rings. The molecule has 0 aromatic rings. The van der Waals surface area contributed by atoms with Crippen LogP contribution in [0.5, 0.6) is 0 Å². The Morgan fingerprint density at radius 3 is 2.38 bits per heavy atom. The van der Waals surface area contributed by atoms with Gasteiger partial charge in [0.2, 0.25) is 10.0 Å². The second-order valence-electron chi connectivity index (χ2n) is 5.96. The van der Waals surface area contributed by atoms with Crippen LogP contribution in [-0.2, 0) is 10.0 Å². The van der Waals surface area contributed by atoms with Crippen molar-refractivity contribution in [3.8, 4) is 0 Å². The van der Waals surface area contributed by atoms with Gasteiger partial charge in [-0.15, -0.1) is 11.6 Å². The van der Waals surface area contributed by atoms with E-state index in [0.717, 1.165) is 6.42 Å². The Hall–Kier alpha value is 0.200. The molecule has 0 aliphatic carbocycles. The monoisotopic (exact) mass is 267 g/mol. The van der Waals surface area contributed by atoms with Crippen LogP contribution in [-0.4, -0.2) is 36.9 Å². The van der Waals surface area contributed by atoms with E-state index in [1.807, 2.05) is 20.8 Å². The molecule has 0 bridgehead atoms. The van der Waals surface area contributed by atoms with Crippen LogP contribution in [0, 0.1) is 11.3 Å². The molecular formula is C11H22ClNO2S. The molecular weight excluding hydrogens is 246 g/mol. The first kappa shape index (κ1) is 14.3. The lowest BCUT2D eigenvalue weighted by atomic mass is 10.0. The van der Waals surface area contributed by atoms with Crippen LogP contribution in [0.15, 0.2) is 0 Å². The highest BCUT2D eigenvalue weighted by Crippen LogP contribution is 2.26. The van der Waals surface area contributed by atoms with Crippen LogP contribution in [0.2, 0.25) is 0 Å². The van der Waals surface area contributed by atoms with Crippen LogP contribution in [0.3, 0.4) is 0 Å². The molecule has 0 spiro atoms. The smallest absolute Gasteiger partial charge is 0.212 e. The van der Waals surface area contributed by atoms with Crippen LogP contribution in [0.1, 0.15) is 34.1 Å². The topological polar surface area (TPSA) is 37.4 Å². The summed E-state index contributed by atoms with van der Waals surface area (Å²) >= 11 is 6.13. The summed E-state index contributed by atoms with van der Waals surface area (Å²) in [5.41, 5.74) is -0.205. The minimum Gasteiger partial charge on any atom is -0.212 e. The first-order chi connectivity index (χ1) is 7.12. The zero-order valence-corrected chi connectivity index (χ0v) is 12.1. The number of rotatable bonds is 2. The molecule has 0 saturated carbocycles. The molecule has 3 nitrogen and oxygen atoms in total. The minimum atomic E-state index is -3.15. The van der Waals surface area contributed by atoms with Gasteiger partial charge in [0.25, 0.3) is 0 Å². The molecule has 2 atom stereocenters. The van der Waals surface area contributed by atoms with Gasteiger partial charge < -0.3 is 0 Å². The summed E-state index contributed by atoms with van der Waals surface area (Å²) in [6.45, 7) is 8.97. The van der Waals surface area contributed by atoms with Crippen molar-refractivity contribution in [2.75, 3.05) is 18.8 Å². The van der Waals surface area contributed by atoms with E-state index in [-0.39, 0.29) is 16.5 Å². The fourth-order valence-corrected chi connectivity index (χ4v) is 4.31. The predicted octanol–water partition coefficient (Wildman–Crippen LogP) is 2.31. The number of halogens is 1. The molecule has 1 rings (SSSR count). The summed E-state index contributed by atoms with van der Waals surface area (Å²) in [5, 5.41) is -0.0523. The largest absolute Gasteiger partial charge is 0.214 e. The summed E-state index contributed by atoms with van der Waals surface area (Å²) in [6.07, 6.45) is 0.859. The van der Waals surface area contributed by atoms with Gasteiger partial charge in [0.15, 0.2) is 0 Å². The first-order valence-corrected chi connectivity index (χ1v) is 7.78. The summed E-state index contributed by atoms with van der Waals surface area (Å²) in [7, 11) is -3.15. The lowest BCUT2D eigenvalue weighted by molar-refractivity contribution is 0.289. The third kappa shape index (κ3) is 3.90. The van der Waals surface area contributed by atoms with Crippen molar-refractivity contribution in [2.24, 2.45) is 11.3 Å². The van der Waals surface area contributed by atoms with Gasteiger partial charge in [0, 0.05) is 18.5 Å². The molecule has 0 radical (unpaired) electrons. The molecule has 2 unspecified atom stereocenters. The van der Waals surface area contributed by atoms with E-state index in [0.29, 0.717) is 19.0 Å². The van der Waals surface area contributed by atoms with Crippen molar-refractivity contribution >= 4 is 21.6 Å². The second kappa shape index (κ2) is 4.83. The van der Waals surface area contributed by atoms with Gasteiger partial charge in [-0.2, -0.15) is 0 Å². The van der Waals surface area contributed by atoms with Crippen molar-refractivity contribution < 1.29 is 8.42 Å². The zero-order valence-electron chi connectivity index (χ0n) is 10.5. The number of hydrogen-bond acceptors (Lipinski definition) is 2. The molecule has 0 N–H and O–H groups in total. The van der Waals surface area contributed by atoms with Crippen LogP contribution >= 0.6 is 11.6 Å². The van der Waals surface area contributed by atoms with E-state index >= 15 is 0 Å². The number of sulfonamides is 1. The van der Waals surface area contributed by atoms with E-state index in [1.165, 1.54) is 0 Å². The fraction of sp³-hybridized carbons (Fsp3) is 1.00. The van der Waals surface area contributed by atoms with Crippen LogP contribution in [0.25, 0.3) is 0 Å². The fourth-order valence-electron chi connectivity index (χ4n) is 1.89. The van der Waals surface area contributed by atoms with E-state index in [1.54, 1.807) is 4.31 Å². The highest BCUT2D eigenvalue weighted by molar-refractivity contribution is 7.89. The summed E-state index contributed by atoms with van der Waals surface area (Å²) in [5.74, 6) is 0.598. The third-order valence-electron chi connectivity index (χ3n) is 2.84. The Kier molecular flexibility index (Phi) is 4.30. The maximum Gasteiger partial charge on any atom is 0.214 e. The molecule has 1 aliphatic rings. The van der Waals surface area contributed by atoms with Crippen molar-refractivity contribution in [1.29, 1.82) is 0 Å². The molecule has 1 heterocycles. The minimum absolute atomic E-state index is 0.0523. The first-order valence-electron chi connectivity index (χ1n) is 5.74. The Morgan fingerprint density at radius 2 is 1.94 bits per heavy atom. The summed E-state index contributed by atoms with van der Waals surface area (Å²) < 4.78 is 25.8. The molecule has 16 heavy (non-hydrogen) atoms. The molecule has 96 valence electrons. The second-order valence-corrected chi connectivity index (χ2v) is 8.49. The van der Waals surface area contributed by atoms with E-state index < -0.39 is 10.0 Å². The van der Waals surface area contributed by atoms with Gasteiger partial charge in [-0.05, 0) is 17.8 Å². The van der Waals surface area contributed by atoms with Crippen molar-refractivity contribution in [3.05, 3.63) is 0 Å². The summed E-state index contributed by atoms with van der Waals surface area (Å²) in [4.78, 5) is 0. The maximum atomic E-state index is 12.1. The van der Waals surface area contributed by atoms with Gasteiger partial charge >= 0.3 is 0 Å². The van der Waals surface area contributed by atoms with Gasteiger partial charge in [0.05, 0.1) is 5.75 Å². The Morgan fingerprint density at radius 1 is 1.38 bits per heavy atom. The van der Waals surface area contributed by atoms with E-state index in [2.05, 4.69) is 6.92 Å². The van der Waals surface area contributed by atoms with E-state index in [9.17, 15) is 8.42 Å². The van der Waals surface area contributed by atoms with Crippen LogP contribution < -0.4 is 0 Å². The highest BCUT2D eigenvalue weighted by Gasteiger charge is 2.33. The lowest BCUT2D eigenvalue weighted by Gasteiger charge is -2.34. The average molecular weight is 268 g/mol. The maximum absolute atomic E-state index is 12.1. The Labute approximate surface area is 104 Å². The number of piperidine rings is 1. The molecule has 0 aromatic carbocycles. The SMILES string of the molecule is CC1CCN(S(=O)(=O)CC(C)(C)C)CC1Cl. The number of alkyl halides is 1. The van der Waals surface area contributed by atoms with Gasteiger partial charge in [-0.25, -0.2) is 12.7 Å².